The minimum Gasteiger partial charge on any atom is -0.496 e. The number of halogens is 1. The Bertz CT molecular complexity index is 1410. The number of methoxy groups -OCH3 is 1. The fourth-order valence-corrected chi connectivity index (χ4v) is 3.63. The lowest BCUT2D eigenvalue weighted by atomic mass is 10.1. The van der Waals surface area contributed by atoms with Gasteiger partial charge in [0.15, 0.2) is 11.5 Å². The molecule has 0 atom stereocenters. The predicted octanol–water partition coefficient (Wildman–Crippen LogP) is 4.41. The number of carbonyl (C=O) groups excluding carboxylic acids is 2. The smallest absolute Gasteiger partial charge is 0.413 e. The van der Waals surface area contributed by atoms with E-state index < -0.39 is 17.6 Å². The molecule has 0 unspecified atom stereocenters. The lowest BCUT2D eigenvalue weighted by Crippen LogP contribution is -2.30. The summed E-state index contributed by atoms with van der Waals surface area (Å²) in [6.45, 7) is 5.21. The summed E-state index contributed by atoms with van der Waals surface area (Å²) in [4.78, 5) is 31.9. The van der Waals surface area contributed by atoms with Crippen molar-refractivity contribution >= 4 is 40.8 Å². The summed E-state index contributed by atoms with van der Waals surface area (Å²) >= 11 is 6.20. The maximum atomic E-state index is 13.8. The zero-order valence-electron chi connectivity index (χ0n) is 19.8. The first-order valence-corrected chi connectivity index (χ1v) is 11.0. The predicted molar refractivity (Wildman–Crippen MR) is 131 cm³/mol. The average Bonchev–Trinajstić information content (AvgIpc) is 3.41. The summed E-state index contributed by atoms with van der Waals surface area (Å²) in [5, 5.41) is 14.4. The number of aromatic amines is 1. The zero-order chi connectivity index (χ0) is 25.3. The van der Waals surface area contributed by atoms with Crippen molar-refractivity contribution in [3.63, 3.8) is 0 Å². The number of rotatable bonds is 5. The third kappa shape index (κ3) is 4.90. The maximum Gasteiger partial charge on any atom is 0.413 e. The van der Waals surface area contributed by atoms with Crippen LogP contribution in [0.5, 0.6) is 5.75 Å². The number of hydrogen-bond acceptors (Lipinski definition) is 7. The molecule has 2 N–H and O–H groups in total. The Labute approximate surface area is 206 Å². The van der Waals surface area contributed by atoms with Gasteiger partial charge in [-0.25, -0.2) is 14.3 Å². The fourth-order valence-electron chi connectivity index (χ4n) is 3.46. The van der Waals surface area contributed by atoms with Crippen molar-refractivity contribution in [3.8, 4) is 17.0 Å². The van der Waals surface area contributed by atoms with Crippen LogP contribution < -0.4 is 15.0 Å². The number of fused-ring (bicyclic) bond motifs is 1. The Morgan fingerprint density at radius 3 is 2.74 bits per heavy atom. The summed E-state index contributed by atoms with van der Waals surface area (Å²) in [5.74, 6) is 0.0827. The van der Waals surface area contributed by atoms with Crippen LogP contribution >= 0.6 is 11.6 Å². The normalized spacial score (nSPS) is 11.4. The van der Waals surface area contributed by atoms with Gasteiger partial charge in [-0.1, -0.05) is 11.6 Å². The van der Waals surface area contributed by atoms with E-state index >= 15 is 0 Å². The fraction of sp³-hybridized carbons (Fsp3) is 0.261. The number of amides is 2. The van der Waals surface area contributed by atoms with Gasteiger partial charge < -0.3 is 14.4 Å². The van der Waals surface area contributed by atoms with E-state index in [1.165, 1.54) is 28.9 Å². The van der Waals surface area contributed by atoms with Gasteiger partial charge in [0.1, 0.15) is 16.9 Å². The molecule has 3 aromatic heterocycles. The summed E-state index contributed by atoms with van der Waals surface area (Å²) < 4.78 is 12.2. The average molecular weight is 498 g/mol. The number of hydrogen-bond donors (Lipinski definition) is 2. The second-order valence-electron chi connectivity index (χ2n) is 8.58. The molecule has 0 aliphatic carbocycles. The minimum absolute atomic E-state index is 0.0141. The van der Waals surface area contributed by atoms with Crippen LogP contribution in [-0.2, 0) is 4.74 Å². The van der Waals surface area contributed by atoms with Gasteiger partial charge in [0, 0.05) is 30.0 Å². The molecule has 0 aliphatic rings. The SMILES string of the molecule is COc1ccc(Cl)cc1-c1[nH]ncc1N(C)C(=O)c1c(NC(=O)OC(C)(C)C)nn2cccnc12. The topological polar surface area (TPSA) is 127 Å². The highest BCUT2D eigenvalue weighted by atomic mass is 35.5. The van der Waals surface area contributed by atoms with E-state index in [1.807, 2.05) is 0 Å². The molecule has 4 aromatic rings. The summed E-state index contributed by atoms with van der Waals surface area (Å²) in [7, 11) is 3.12. The van der Waals surface area contributed by atoms with Crippen LogP contribution in [0.15, 0.2) is 42.9 Å². The van der Waals surface area contributed by atoms with Crippen molar-refractivity contribution in [2.45, 2.75) is 26.4 Å². The van der Waals surface area contributed by atoms with E-state index in [4.69, 9.17) is 21.1 Å². The molecule has 11 nitrogen and oxygen atoms in total. The van der Waals surface area contributed by atoms with Crippen LogP contribution in [0.25, 0.3) is 16.9 Å². The highest BCUT2D eigenvalue weighted by Gasteiger charge is 2.29. The molecule has 35 heavy (non-hydrogen) atoms. The molecule has 2 amide bonds. The maximum absolute atomic E-state index is 13.8. The van der Waals surface area contributed by atoms with E-state index in [-0.39, 0.29) is 17.0 Å². The molecule has 3 heterocycles. The zero-order valence-corrected chi connectivity index (χ0v) is 20.5. The molecule has 1 aromatic carbocycles. The quantitative estimate of drug-likeness (QED) is 0.418. The van der Waals surface area contributed by atoms with E-state index in [0.717, 1.165) is 0 Å². The van der Waals surface area contributed by atoms with E-state index in [9.17, 15) is 9.59 Å². The molecule has 0 radical (unpaired) electrons. The molecule has 0 saturated carbocycles. The van der Waals surface area contributed by atoms with Gasteiger partial charge in [0.05, 0.1) is 24.7 Å². The molecular formula is C23H24ClN7O4. The minimum atomic E-state index is -0.745. The summed E-state index contributed by atoms with van der Waals surface area (Å²) in [5.41, 5.74) is 1.21. The van der Waals surface area contributed by atoms with Crippen LogP contribution in [0.3, 0.4) is 0 Å². The molecular weight excluding hydrogens is 474 g/mol. The van der Waals surface area contributed by atoms with Crippen molar-refractivity contribution < 1.29 is 19.1 Å². The molecule has 0 aliphatic heterocycles. The number of nitrogens with zero attached hydrogens (tertiary/aromatic N) is 5. The molecule has 0 spiro atoms. The van der Waals surface area contributed by atoms with Crippen LogP contribution in [-0.4, -0.2) is 56.6 Å². The van der Waals surface area contributed by atoms with Gasteiger partial charge in [-0.2, -0.15) is 5.10 Å². The Balaban J connectivity index is 1.75. The van der Waals surface area contributed by atoms with Crippen molar-refractivity contribution in [2.24, 2.45) is 0 Å². The van der Waals surface area contributed by atoms with Crippen molar-refractivity contribution in [1.29, 1.82) is 0 Å². The van der Waals surface area contributed by atoms with E-state index in [0.29, 0.717) is 27.7 Å². The van der Waals surface area contributed by atoms with Gasteiger partial charge >= 0.3 is 6.09 Å². The van der Waals surface area contributed by atoms with Crippen LogP contribution in [0.1, 0.15) is 31.1 Å². The first-order chi connectivity index (χ1) is 16.6. The van der Waals surface area contributed by atoms with Gasteiger partial charge in [0.2, 0.25) is 0 Å². The summed E-state index contributed by atoms with van der Waals surface area (Å²) in [6, 6.07) is 6.80. The lowest BCUT2D eigenvalue weighted by Gasteiger charge is -2.20. The lowest BCUT2D eigenvalue weighted by molar-refractivity contribution is 0.0635. The van der Waals surface area contributed by atoms with E-state index in [1.54, 1.807) is 58.3 Å². The number of benzene rings is 1. The molecule has 0 bridgehead atoms. The second-order valence-corrected chi connectivity index (χ2v) is 9.01. The van der Waals surface area contributed by atoms with Gasteiger partial charge in [-0.15, -0.1) is 5.10 Å². The second kappa shape index (κ2) is 9.26. The molecule has 182 valence electrons. The number of anilines is 2. The van der Waals surface area contributed by atoms with Gasteiger partial charge in [0.25, 0.3) is 5.91 Å². The molecule has 4 rings (SSSR count). The number of carbonyl (C=O) groups is 2. The Morgan fingerprint density at radius 1 is 1.26 bits per heavy atom. The summed E-state index contributed by atoms with van der Waals surface area (Å²) in [6.07, 6.45) is 3.92. The molecule has 12 heteroatoms. The van der Waals surface area contributed by atoms with Crippen LogP contribution in [0.4, 0.5) is 16.3 Å². The number of ether oxygens (including phenoxy) is 2. The Kier molecular flexibility index (Phi) is 6.35. The number of nitrogens with one attached hydrogen (secondary N) is 2. The number of aromatic nitrogens is 5. The van der Waals surface area contributed by atoms with Crippen molar-refractivity contribution in [3.05, 3.63) is 53.4 Å². The van der Waals surface area contributed by atoms with Gasteiger partial charge in [-0.05, 0) is 45.0 Å². The number of H-pyrrole nitrogens is 1. The van der Waals surface area contributed by atoms with Crippen LogP contribution in [0, 0.1) is 0 Å². The first-order valence-electron chi connectivity index (χ1n) is 10.6. The standard InChI is InChI=1S/C23H24ClN7O4/c1-23(2,3)35-22(33)27-19-17(20-25-9-6-10-31(20)29-19)21(32)30(4)15-12-26-28-18(15)14-11-13(24)7-8-16(14)34-5/h6-12H,1-5H3,(H,26,28)(H,27,29,33). The third-order valence-electron chi connectivity index (χ3n) is 4.94. The van der Waals surface area contributed by atoms with Gasteiger partial charge in [-0.3, -0.25) is 15.2 Å². The van der Waals surface area contributed by atoms with Crippen molar-refractivity contribution in [2.75, 3.05) is 24.4 Å². The largest absolute Gasteiger partial charge is 0.496 e. The van der Waals surface area contributed by atoms with Crippen molar-refractivity contribution in [1.82, 2.24) is 24.8 Å². The highest BCUT2D eigenvalue weighted by Crippen LogP contribution is 2.37. The first kappa shape index (κ1) is 24.0. The third-order valence-corrected chi connectivity index (χ3v) is 5.18. The van der Waals surface area contributed by atoms with Crippen LogP contribution in [0.2, 0.25) is 5.02 Å². The Hall–Kier alpha value is -4.12. The molecule has 0 fully saturated rings. The molecule has 0 saturated heterocycles. The highest BCUT2D eigenvalue weighted by molar-refractivity contribution is 6.31. The Morgan fingerprint density at radius 2 is 2.03 bits per heavy atom. The van der Waals surface area contributed by atoms with E-state index in [2.05, 4.69) is 25.6 Å². The monoisotopic (exact) mass is 497 g/mol.